The van der Waals surface area contributed by atoms with Gasteiger partial charge < -0.3 is 0 Å². The molecule has 0 saturated carbocycles. The predicted molar refractivity (Wildman–Crippen MR) is 72.7 cm³/mol. The summed E-state index contributed by atoms with van der Waals surface area (Å²) in [6.07, 6.45) is -1.85. The van der Waals surface area contributed by atoms with Crippen molar-refractivity contribution in [1.82, 2.24) is 0 Å². The molecule has 2 rings (SSSR count). The van der Waals surface area contributed by atoms with Gasteiger partial charge in [0.2, 0.25) is 0 Å². The minimum absolute atomic E-state index is 0.0671. The van der Waals surface area contributed by atoms with E-state index in [1.165, 1.54) is 7.11 Å². The summed E-state index contributed by atoms with van der Waals surface area (Å²) in [6.45, 7) is 3.36. The van der Waals surface area contributed by atoms with Crippen molar-refractivity contribution in [2.45, 2.75) is 31.8 Å². The first-order valence-electron chi connectivity index (χ1n) is 6.13. The molecule has 1 saturated heterocycles. The maximum absolute atomic E-state index is 12.4. The molecule has 5 nitrogen and oxygen atoms in total. The van der Waals surface area contributed by atoms with Gasteiger partial charge in [0.1, 0.15) is 0 Å². The van der Waals surface area contributed by atoms with Crippen LogP contribution in [0.25, 0.3) is 0 Å². The van der Waals surface area contributed by atoms with Crippen LogP contribution in [-0.4, -0.2) is 55.8 Å². The van der Waals surface area contributed by atoms with Crippen LogP contribution >= 0.6 is 0 Å². The van der Waals surface area contributed by atoms with Crippen LogP contribution in [0.3, 0.4) is 0 Å². The SMILES string of the molecule is COC(=O)[C@H]1OC(C)(C)O[C@@H]1C(=O)[Te]c1ccccc1. The van der Waals surface area contributed by atoms with Gasteiger partial charge in [-0.3, -0.25) is 0 Å². The van der Waals surface area contributed by atoms with Crippen LogP contribution in [0.15, 0.2) is 30.3 Å². The predicted octanol–water partition coefficient (Wildman–Crippen LogP) is 0.236. The molecule has 1 aliphatic heterocycles. The average molecular weight is 392 g/mol. The molecular formula is C14H16O5Te. The third-order valence-corrected chi connectivity index (χ3v) is 5.41. The molecule has 0 unspecified atom stereocenters. The molecule has 1 fully saturated rings. The van der Waals surface area contributed by atoms with Crippen molar-refractivity contribution in [3.63, 3.8) is 0 Å². The number of methoxy groups -OCH3 is 1. The quantitative estimate of drug-likeness (QED) is 0.543. The second kappa shape index (κ2) is 6.23. The summed E-state index contributed by atoms with van der Waals surface area (Å²) in [4.78, 5) is 24.1. The van der Waals surface area contributed by atoms with Crippen LogP contribution in [0.2, 0.25) is 0 Å². The van der Waals surface area contributed by atoms with Crippen LogP contribution < -0.4 is 3.61 Å². The van der Waals surface area contributed by atoms with Crippen LogP contribution in [0.5, 0.6) is 0 Å². The molecule has 1 aliphatic rings. The van der Waals surface area contributed by atoms with Crippen molar-refractivity contribution < 1.29 is 23.8 Å². The van der Waals surface area contributed by atoms with Gasteiger partial charge in [0.25, 0.3) is 0 Å². The van der Waals surface area contributed by atoms with Gasteiger partial charge in [-0.15, -0.1) is 0 Å². The number of benzene rings is 1. The van der Waals surface area contributed by atoms with Crippen molar-refractivity contribution in [3.8, 4) is 0 Å². The Morgan fingerprint density at radius 2 is 1.75 bits per heavy atom. The Morgan fingerprint density at radius 3 is 2.35 bits per heavy atom. The normalized spacial score (nSPS) is 24.4. The summed E-state index contributed by atoms with van der Waals surface area (Å²) < 4.78 is 16.7. The molecule has 2 atom stereocenters. The number of hydrogen-bond donors (Lipinski definition) is 0. The van der Waals surface area contributed by atoms with Gasteiger partial charge >= 0.3 is 127 Å². The molecule has 0 N–H and O–H groups in total. The van der Waals surface area contributed by atoms with Crippen molar-refractivity contribution in [1.29, 1.82) is 0 Å². The molecule has 0 bridgehead atoms. The van der Waals surface area contributed by atoms with Gasteiger partial charge in [0, 0.05) is 0 Å². The van der Waals surface area contributed by atoms with Crippen molar-refractivity contribution >= 4 is 34.3 Å². The summed E-state index contributed by atoms with van der Waals surface area (Å²) in [7, 11) is 1.27. The van der Waals surface area contributed by atoms with Crippen LogP contribution in [0.1, 0.15) is 13.8 Å². The summed E-state index contributed by atoms with van der Waals surface area (Å²) in [5.74, 6) is -1.53. The average Bonchev–Trinajstić information content (AvgIpc) is 2.75. The third kappa shape index (κ3) is 3.58. The van der Waals surface area contributed by atoms with Gasteiger partial charge in [-0.05, 0) is 0 Å². The van der Waals surface area contributed by atoms with Crippen LogP contribution in [-0.2, 0) is 23.8 Å². The zero-order valence-corrected chi connectivity index (χ0v) is 13.8. The Kier molecular flexibility index (Phi) is 4.82. The van der Waals surface area contributed by atoms with Crippen molar-refractivity contribution in [2.75, 3.05) is 7.11 Å². The van der Waals surface area contributed by atoms with E-state index in [0.29, 0.717) is 0 Å². The second-order valence-corrected chi connectivity index (χ2v) is 7.81. The topological polar surface area (TPSA) is 61.8 Å². The molecule has 6 heteroatoms. The Balaban J connectivity index is 2.12. The first kappa shape index (κ1) is 15.5. The molecule has 108 valence electrons. The molecule has 20 heavy (non-hydrogen) atoms. The van der Waals surface area contributed by atoms with E-state index >= 15 is 0 Å². The maximum atomic E-state index is 12.4. The van der Waals surface area contributed by atoms with E-state index < -0.39 is 44.9 Å². The van der Waals surface area contributed by atoms with Crippen LogP contribution in [0.4, 0.5) is 0 Å². The molecule has 1 aromatic carbocycles. The minimum atomic E-state index is -1.10. The standard InChI is InChI=1S/C14H16O5Te/c1-14(2)18-10(12(15)17-3)11(19-14)13(16)20-9-7-5-4-6-8-9/h4-8,10-11H,1-3H3/t10-,11-/m0/s1. The Bertz CT molecular complexity index is 500. The molecule has 1 heterocycles. The van der Waals surface area contributed by atoms with Gasteiger partial charge in [-0.25, -0.2) is 0 Å². The fourth-order valence-electron chi connectivity index (χ4n) is 1.89. The van der Waals surface area contributed by atoms with E-state index in [1.807, 2.05) is 30.3 Å². The van der Waals surface area contributed by atoms with Crippen molar-refractivity contribution in [2.24, 2.45) is 0 Å². The Hall–Kier alpha value is -0.930. The van der Waals surface area contributed by atoms with Gasteiger partial charge in [-0.1, -0.05) is 0 Å². The Morgan fingerprint density at radius 1 is 1.15 bits per heavy atom. The third-order valence-electron chi connectivity index (χ3n) is 2.72. The monoisotopic (exact) mass is 394 g/mol. The fourth-order valence-corrected chi connectivity index (χ4v) is 4.21. The summed E-state index contributed by atoms with van der Waals surface area (Å²) in [5, 5.41) is 0. The van der Waals surface area contributed by atoms with Crippen LogP contribution in [0, 0.1) is 0 Å². The number of rotatable bonds is 4. The van der Waals surface area contributed by atoms with Crippen molar-refractivity contribution in [3.05, 3.63) is 30.3 Å². The van der Waals surface area contributed by atoms with E-state index in [1.54, 1.807) is 13.8 Å². The molecule has 1 aromatic rings. The number of hydrogen-bond acceptors (Lipinski definition) is 5. The fraction of sp³-hybridized carbons (Fsp3) is 0.429. The van der Waals surface area contributed by atoms with E-state index in [0.717, 1.165) is 3.61 Å². The van der Waals surface area contributed by atoms with E-state index in [4.69, 9.17) is 9.47 Å². The second-order valence-electron chi connectivity index (χ2n) is 4.73. The summed E-state index contributed by atoms with van der Waals surface area (Å²) >= 11 is -1.10. The summed E-state index contributed by atoms with van der Waals surface area (Å²) in [5.41, 5.74) is 0. The number of ether oxygens (including phenoxy) is 3. The molecule has 0 spiro atoms. The Labute approximate surface area is 127 Å². The molecule has 0 aromatic heterocycles. The van der Waals surface area contributed by atoms with E-state index in [9.17, 15) is 9.59 Å². The molecule has 0 amide bonds. The molecular weight excluding hydrogens is 376 g/mol. The zero-order valence-electron chi connectivity index (χ0n) is 11.5. The number of esters is 1. The van der Waals surface area contributed by atoms with E-state index in [2.05, 4.69) is 4.74 Å². The van der Waals surface area contributed by atoms with E-state index in [-0.39, 0.29) is 3.83 Å². The number of carbonyl (C=O) groups excluding carboxylic acids is 2. The van der Waals surface area contributed by atoms with Gasteiger partial charge in [-0.2, -0.15) is 0 Å². The van der Waals surface area contributed by atoms with Gasteiger partial charge in [0.05, 0.1) is 0 Å². The van der Waals surface area contributed by atoms with Gasteiger partial charge in [0.15, 0.2) is 0 Å². The molecule has 0 aliphatic carbocycles. The molecule has 0 radical (unpaired) electrons. The summed E-state index contributed by atoms with van der Waals surface area (Å²) in [6, 6.07) is 9.50. The first-order valence-corrected chi connectivity index (χ1v) is 8.46. The zero-order chi connectivity index (χ0) is 14.8. The number of carbonyl (C=O) groups is 2. The first-order chi connectivity index (χ1) is 9.43.